The van der Waals surface area contributed by atoms with Crippen molar-refractivity contribution < 1.29 is 4.74 Å². The zero-order valence-corrected chi connectivity index (χ0v) is 11.1. The van der Waals surface area contributed by atoms with E-state index in [9.17, 15) is 0 Å². The van der Waals surface area contributed by atoms with Gasteiger partial charge in [-0.3, -0.25) is 0 Å². The number of aromatic nitrogens is 1. The highest BCUT2D eigenvalue weighted by Gasteiger charge is 2.06. The number of benzene rings is 1. The first-order chi connectivity index (χ1) is 8.56. The number of hydrogen-bond acceptors (Lipinski definition) is 3. The van der Waals surface area contributed by atoms with Crippen molar-refractivity contribution in [2.75, 3.05) is 0 Å². The minimum atomic E-state index is 0.343. The number of nitrogens with two attached hydrogens (primary N) is 1. The van der Waals surface area contributed by atoms with Crippen LogP contribution >= 0.6 is 12.2 Å². The molecule has 0 aliphatic carbocycles. The molecule has 1 aromatic carbocycles. The van der Waals surface area contributed by atoms with Crippen LogP contribution in [-0.2, 0) is 0 Å². The van der Waals surface area contributed by atoms with E-state index < -0.39 is 0 Å². The Morgan fingerprint density at radius 3 is 2.61 bits per heavy atom. The van der Waals surface area contributed by atoms with Crippen LogP contribution in [-0.4, -0.2) is 9.97 Å². The normalized spacial score (nSPS) is 10.1. The molecule has 2 rings (SSSR count). The number of hydrogen-bond donors (Lipinski definition) is 1. The largest absolute Gasteiger partial charge is 0.439 e. The summed E-state index contributed by atoms with van der Waals surface area (Å²) in [4.78, 5) is 4.66. The van der Waals surface area contributed by atoms with Gasteiger partial charge >= 0.3 is 0 Å². The minimum absolute atomic E-state index is 0.343. The second-order valence-electron chi connectivity index (χ2n) is 4.07. The van der Waals surface area contributed by atoms with Gasteiger partial charge < -0.3 is 10.5 Å². The van der Waals surface area contributed by atoms with Crippen molar-refractivity contribution in [1.29, 1.82) is 0 Å². The summed E-state index contributed by atoms with van der Waals surface area (Å²) in [5.74, 6) is 1.29. The zero-order valence-electron chi connectivity index (χ0n) is 10.3. The van der Waals surface area contributed by atoms with E-state index in [2.05, 4.69) is 4.98 Å². The van der Waals surface area contributed by atoms with Crippen molar-refractivity contribution in [3.8, 4) is 11.6 Å². The van der Waals surface area contributed by atoms with E-state index in [1.54, 1.807) is 6.07 Å². The maximum atomic E-state index is 5.75. The maximum absolute atomic E-state index is 5.75. The summed E-state index contributed by atoms with van der Waals surface area (Å²) in [6.45, 7) is 3.87. The van der Waals surface area contributed by atoms with Gasteiger partial charge in [0.25, 0.3) is 0 Å². The van der Waals surface area contributed by atoms with Crippen LogP contribution in [0.15, 0.2) is 36.4 Å². The van der Waals surface area contributed by atoms with Gasteiger partial charge in [0, 0.05) is 17.3 Å². The molecule has 0 fully saturated rings. The molecular formula is C14H14N2OS. The van der Waals surface area contributed by atoms with Gasteiger partial charge in [0.1, 0.15) is 10.7 Å². The van der Waals surface area contributed by atoms with E-state index >= 15 is 0 Å². The molecule has 18 heavy (non-hydrogen) atoms. The van der Waals surface area contributed by atoms with E-state index in [1.165, 1.54) is 0 Å². The molecule has 3 nitrogen and oxygen atoms in total. The lowest BCUT2D eigenvalue weighted by Gasteiger charge is -2.09. The van der Waals surface area contributed by atoms with Crippen molar-refractivity contribution in [3.05, 3.63) is 53.2 Å². The molecule has 1 aromatic heterocycles. The van der Waals surface area contributed by atoms with Crippen molar-refractivity contribution in [1.82, 2.24) is 4.98 Å². The molecule has 0 bridgehead atoms. The van der Waals surface area contributed by atoms with E-state index in [-0.39, 0.29) is 0 Å². The summed E-state index contributed by atoms with van der Waals surface area (Å²) in [5.41, 5.74) is 8.26. The second-order valence-corrected chi connectivity index (χ2v) is 4.51. The molecule has 0 aliphatic heterocycles. The monoisotopic (exact) mass is 258 g/mol. The molecule has 4 heteroatoms. The fraction of sp³-hybridized carbons (Fsp3) is 0.143. The van der Waals surface area contributed by atoms with Gasteiger partial charge in [-0.1, -0.05) is 30.4 Å². The average Bonchev–Trinajstić information content (AvgIpc) is 2.31. The lowest BCUT2D eigenvalue weighted by Crippen LogP contribution is -2.10. The highest BCUT2D eigenvalue weighted by molar-refractivity contribution is 7.80. The fourth-order valence-electron chi connectivity index (χ4n) is 1.62. The van der Waals surface area contributed by atoms with Crippen LogP contribution in [0.1, 0.15) is 16.8 Å². The van der Waals surface area contributed by atoms with Gasteiger partial charge in [-0.15, -0.1) is 0 Å². The highest BCUT2D eigenvalue weighted by Crippen LogP contribution is 2.24. The lowest BCUT2D eigenvalue weighted by atomic mass is 10.2. The Labute approximate surface area is 112 Å². The molecule has 0 amide bonds. The Balaban J connectivity index is 2.35. The summed E-state index contributed by atoms with van der Waals surface area (Å²) < 4.78 is 5.75. The number of thiocarbonyl (C=S) groups is 1. The molecule has 0 aliphatic rings. The van der Waals surface area contributed by atoms with E-state index in [1.807, 2.05) is 44.2 Å². The first kappa shape index (κ1) is 12.5. The van der Waals surface area contributed by atoms with Crippen molar-refractivity contribution in [2.24, 2.45) is 5.73 Å². The summed E-state index contributed by atoms with van der Waals surface area (Å²) >= 11 is 4.97. The van der Waals surface area contributed by atoms with Crippen LogP contribution in [0.4, 0.5) is 0 Å². The predicted octanol–water partition coefficient (Wildman–Crippen LogP) is 3.12. The van der Waals surface area contributed by atoms with E-state index in [0.29, 0.717) is 10.9 Å². The summed E-state index contributed by atoms with van der Waals surface area (Å²) in [5, 5.41) is 0. The number of nitrogens with zero attached hydrogens (tertiary/aromatic N) is 1. The van der Waals surface area contributed by atoms with Crippen LogP contribution in [0.2, 0.25) is 0 Å². The first-order valence-electron chi connectivity index (χ1n) is 5.58. The number of aryl methyl sites for hydroxylation is 2. The molecule has 0 radical (unpaired) electrons. The number of para-hydroxylation sites is 1. The third-order valence-corrected chi connectivity index (χ3v) is 2.76. The molecule has 1 heterocycles. The molecular weight excluding hydrogens is 244 g/mol. The van der Waals surface area contributed by atoms with Crippen LogP contribution in [0.3, 0.4) is 0 Å². The predicted molar refractivity (Wildman–Crippen MR) is 76.1 cm³/mol. The molecule has 0 atom stereocenters. The molecule has 0 saturated carbocycles. The molecule has 2 aromatic rings. The van der Waals surface area contributed by atoms with Crippen LogP contribution in [0, 0.1) is 13.8 Å². The fourth-order valence-corrected chi connectivity index (χ4v) is 1.73. The lowest BCUT2D eigenvalue weighted by molar-refractivity contribution is 0.458. The quantitative estimate of drug-likeness (QED) is 0.859. The Hall–Kier alpha value is -1.94. The van der Waals surface area contributed by atoms with Crippen molar-refractivity contribution >= 4 is 17.2 Å². The number of pyridine rings is 1. The smallest absolute Gasteiger partial charge is 0.220 e. The molecule has 92 valence electrons. The van der Waals surface area contributed by atoms with Crippen molar-refractivity contribution in [2.45, 2.75) is 13.8 Å². The Morgan fingerprint density at radius 1 is 1.22 bits per heavy atom. The van der Waals surface area contributed by atoms with E-state index in [0.717, 1.165) is 22.6 Å². The summed E-state index contributed by atoms with van der Waals surface area (Å²) in [7, 11) is 0. The Bertz CT molecular complexity index is 596. The molecule has 2 N–H and O–H groups in total. The third-order valence-electron chi connectivity index (χ3n) is 2.52. The SMILES string of the molecule is Cc1cc(C(N)=S)cc(Oc2ccccc2C)n1. The Kier molecular flexibility index (Phi) is 3.58. The number of ether oxygens (including phenoxy) is 1. The summed E-state index contributed by atoms with van der Waals surface area (Å²) in [6, 6.07) is 11.4. The summed E-state index contributed by atoms with van der Waals surface area (Å²) in [6.07, 6.45) is 0. The van der Waals surface area contributed by atoms with Gasteiger partial charge in [0.05, 0.1) is 0 Å². The van der Waals surface area contributed by atoms with Gasteiger partial charge in [-0.2, -0.15) is 0 Å². The highest BCUT2D eigenvalue weighted by atomic mass is 32.1. The Morgan fingerprint density at radius 2 is 1.94 bits per heavy atom. The number of rotatable bonds is 3. The standard InChI is InChI=1S/C14H14N2OS/c1-9-5-3-4-6-12(9)17-13-8-11(14(15)18)7-10(2)16-13/h3-8H,1-2H3,(H2,15,18). The van der Waals surface area contributed by atoms with Crippen molar-refractivity contribution in [3.63, 3.8) is 0 Å². The van der Waals surface area contributed by atoms with Gasteiger partial charge in [0.15, 0.2) is 0 Å². The topological polar surface area (TPSA) is 48.1 Å². The van der Waals surface area contributed by atoms with Crippen LogP contribution < -0.4 is 10.5 Å². The molecule has 0 saturated heterocycles. The average molecular weight is 258 g/mol. The van der Waals surface area contributed by atoms with E-state index in [4.69, 9.17) is 22.7 Å². The molecule has 0 unspecified atom stereocenters. The van der Waals surface area contributed by atoms with Gasteiger partial charge in [-0.05, 0) is 31.5 Å². The van der Waals surface area contributed by atoms with Gasteiger partial charge in [0.2, 0.25) is 5.88 Å². The first-order valence-corrected chi connectivity index (χ1v) is 5.99. The molecule has 0 spiro atoms. The second kappa shape index (κ2) is 5.14. The van der Waals surface area contributed by atoms with Crippen LogP contribution in [0.25, 0.3) is 0 Å². The zero-order chi connectivity index (χ0) is 13.1. The van der Waals surface area contributed by atoms with Crippen LogP contribution in [0.5, 0.6) is 11.6 Å². The minimum Gasteiger partial charge on any atom is -0.439 e. The maximum Gasteiger partial charge on any atom is 0.220 e. The van der Waals surface area contributed by atoms with Gasteiger partial charge in [-0.25, -0.2) is 4.98 Å². The third kappa shape index (κ3) is 2.84.